The van der Waals surface area contributed by atoms with Crippen LogP contribution in [0.1, 0.15) is 72.9 Å². The van der Waals surface area contributed by atoms with Crippen LogP contribution in [0.3, 0.4) is 0 Å². The van der Waals surface area contributed by atoms with Gasteiger partial charge in [0.25, 0.3) is 0 Å². The molecule has 0 bridgehead atoms. The zero-order chi connectivity index (χ0) is 21.9. The van der Waals surface area contributed by atoms with E-state index in [-0.39, 0.29) is 5.82 Å². The van der Waals surface area contributed by atoms with E-state index in [4.69, 9.17) is 0 Å². The SMILES string of the molecule is CCCCCc1ccc(C#Cc2ccc(C#Cc3ccc(CCC)c(F)c3)cc2)cc1. The van der Waals surface area contributed by atoms with Crippen molar-refractivity contribution in [1.29, 1.82) is 0 Å². The van der Waals surface area contributed by atoms with E-state index < -0.39 is 0 Å². The summed E-state index contributed by atoms with van der Waals surface area (Å²) in [5, 5.41) is 0. The van der Waals surface area contributed by atoms with Gasteiger partial charge in [0.2, 0.25) is 0 Å². The van der Waals surface area contributed by atoms with Gasteiger partial charge in [-0.3, -0.25) is 0 Å². The van der Waals surface area contributed by atoms with E-state index in [0.29, 0.717) is 5.56 Å². The molecule has 1 heteroatoms. The van der Waals surface area contributed by atoms with Gasteiger partial charge < -0.3 is 0 Å². The molecule has 0 aromatic heterocycles. The minimum absolute atomic E-state index is 0.173. The molecule has 31 heavy (non-hydrogen) atoms. The third-order valence-corrected chi connectivity index (χ3v) is 5.18. The lowest BCUT2D eigenvalue weighted by Crippen LogP contribution is -1.90. The maximum atomic E-state index is 14.0. The van der Waals surface area contributed by atoms with Crippen molar-refractivity contribution in [2.24, 2.45) is 0 Å². The summed E-state index contributed by atoms with van der Waals surface area (Å²) in [7, 11) is 0. The first-order valence-corrected chi connectivity index (χ1v) is 11.2. The van der Waals surface area contributed by atoms with Crippen LogP contribution in [0.2, 0.25) is 0 Å². The number of aryl methyl sites for hydroxylation is 2. The van der Waals surface area contributed by atoms with E-state index in [2.05, 4.69) is 54.9 Å². The normalized spacial score (nSPS) is 10.0. The molecular formula is C30H29F. The van der Waals surface area contributed by atoms with Crippen LogP contribution in [-0.4, -0.2) is 0 Å². The average molecular weight is 409 g/mol. The zero-order valence-electron chi connectivity index (χ0n) is 18.5. The number of halogens is 1. The van der Waals surface area contributed by atoms with Crippen LogP contribution in [-0.2, 0) is 12.8 Å². The predicted octanol–water partition coefficient (Wildman–Crippen LogP) is 7.31. The summed E-state index contributed by atoms with van der Waals surface area (Å²) >= 11 is 0. The lowest BCUT2D eigenvalue weighted by atomic mass is 10.1. The fourth-order valence-electron chi connectivity index (χ4n) is 3.36. The van der Waals surface area contributed by atoms with E-state index in [0.717, 1.165) is 41.5 Å². The van der Waals surface area contributed by atoms with E-state index in [1.807, 2.05) is 43.3 Å². The van der Waals surface area contributed by atoms with E-state index in [1.165, 1.54) is 30.9 Å². The molecule has 0 saturated heterocycles. The van der Waals surface area contributed by atoms with Crippen LogP contribution in [0.4, 0.5) is 4.39 Å². The number of hydrogen-bond acceptors (Lipinski definition) is 0. The van der Waals surface area contributed by atoms with Crippen molar-refractivity contribution in [2.45, 2.75) is 52.4 Å². The summed E-state index contributed by atoms with van der Waals surface area (Å²) in [6, 6.07) is 21.6. The molecule has 0 aliphatic heterocycles. The van der Waals surface area contributed by atoms with Crippen molar-refractivity contribution >= 4 is 0 Å². The van der Waals surface area contributed by atoms with Gasteiger partial charge in [-0.2, -0.15) is 0 Å². The minimum Gasteiger partial charge on any atom is -0.207 e. The van der Waals surface area contributed by atoms with Crippen molar-refractivity contribution in [3.63, 3.8) is 0 Å². The van der Waals surface area contributed by atoms with Crippen LogP contribution in [0, 0.1) is 29.5 Å². The smallest absolute Gasteiger partial charge is 0.127 e. The molecule has 0 unspecified atom stereocenters. The Hall–Kier alpha value is -3.29. The third kappa shape index (κ3) is 7.16. The molecule has 0 aliphatic rings. The Morgan fingerprint density at radius 2 is 1.10 bits per heavy atom. The van der Waals surface area contributed by atoms with Gasteiger partial charge in [0, 0.05) is 22.3 Å². The minimum atomic E-state index is -0.173. The molecule has 0 saturated carbocycles. The van der Waals surface area contributed by atoms with Gasteiger partial charge in [0.15, 0.2) is 0 Å². The molecular weight excluding hydrogens is 379 g/mol. The first-order chi connectivity index (χ1) is 15.2. The average Bonchev–Trinajstić information content (AvgIpc) is 2.80. The van der Waals surface area contributed by atoms with Crippen molar-refractivity contribution in [2.75, 3.05) is 0 Å². The van der Waals surface area contributed by atoms with Gasteiger partial charge >= 0.3 is 0 Å². The van der Waals surface area contributed by atoms with E-state index >= 15 is 0 Å². The number of hydrogen-bond donors (Lipinski definition) is 0. The number of benzene rings is 3. The molecule has 0 nitrogen and oxygen atoms in total. The second-order valence-electron chi connectivity index (χ2n) is 7.79. The summed E-state index contributed by atoms with van der Waals surface area (Å²) in [4.78, 5) is 0. The van der Waals surface area contributed by atoms with Crippen molar-refractivity contribution in [3.05, 3.63) is 106 Å². The van der Waals surface area contributed by atoms with Gasteiger partial charge in [-0.1, -0.05) is 75.0 Å². The van der Waals surface area contributed by atoms with Crippen molar-refractivity contribution in [1.82, 2.24) is 0 Å². The molecule has 0 atom stereocenters. The van der Waals surface area contributed by atoms with Crippen molar-refractivity contribution in [3.8, 4) is 23.7 Å². The first-order valence-electron chi connectivity index (χ1n) is 11.2. The molecule has 0 radical (unpaired) electrons. The molecule has 0 spiro atoms. The largest absolute Gasteiger partial charge is 0.207 e. The number of rotatable bonds is 6. The maximum Gasteiger partial charge on any atom is 0.127 e. The summed E-state index contributed by atoms with van der Waals surface area (Å²) in [6.45, 7) is 4.28. The topological polar surface area (TPSA) is 0 Å². The number of unbranched alkanes of at least 4 members (excludes halogenated alkanes) is 2. The third-order valence-electron chi connectivity index (χ3n) is 5.18. The van der Waals surface area contributed by atoms with Gasteiger partial charge in [-0.15, -0.1) is 0 Å². The molecule has 3 aromatic rings. The second kappa shape index (κ2) is 11.8. The highest BCUT2D eigenvalue weighted by molar-refractivity contribution is 5.48. The molecule has 0 fully saturated rings. The quantitative estimate of drug-likeness (QED) is 0.296. The fraction of sp³-hybridized carbons (Fsp3) is 0.267. The molecule has 3 aromatic carbocycles. The molecule has 0 amide bonds. The van der Waals surface area contributed by atoms with Crippen LogP contribution in [0.5, 0.6) is 0 Å². The van der Waals surface area contributed by atoms with Gasteiger partial charge in [-0.05, 0) is 78.9 Å². The summed E-state index contributed by atoms with van der Waals surface area (Å²) in [6.07, 6.45) is 6.60. The van der Waals surface area contributed by atoms with Crippen molar-refractivity contribution < 1.29 is 4.39 Å². The first kappa shape index (κ1) is 22.4. The lowest BCUT2D eigenvalue weighted by Gasteiger charge is -2.01. The Kier molecular flexibility index (Phi) is 8.51. The highest BCUT2D eigenvalue weighted by Crippen LogP contribution is 2.12. The van der Waals surface area contributed by atoms with E-state index in [1.54, 1.807) is 0 Å². The standard InChI is InChI=1S/C30H29F/c1-3-5-6-8-24-9-11-25(12-10-24)13-14-26-15-17-27(18-16-26)19-20-28-21-22-29(7-4-2)30(31)23-28/h9-12,15-18,21-23H,3-8H2,1-2H3. The van der Waals surface area contributed by atoms with Crippen LogP contribution < -0.4 is 0 Å². The maximum absolute atomic E-state index is 14.0. The van der Waals surface area contributed by atoms with Crippen LogP contribution in [0.15, 0.2) is 66.7 Å². The van der Waals surface area contributed by atoms with Gasteiger partial charge in [-0.25, -0.2) is 4.39 Å². The Morgan fingerprint density at radius 1 is 0.581 bits per heavy atom. The Labute approximate surface area is 186 Å². The Balaban J connectivity index is 1.62. The highest BCUT2D eigenvalue weighted by Gasteiger charge is 2.01. The van der Waals surface area contributed by atoms with Crippen LogP contribution >= 0.6 is 0 Å². The molecule has 0 heterocycles. The Morgan fingerprint density at radius 3 is 1.61 bits per heavy atom. The van der Waals surface area contributed by atoms with E-state index in [9.17, 15) is 4.39 Å². The van der Waals surface area contributed by atoms with Crippen LogP contribution in [0.25, 0.3) is 0 Å². The zero-order valence-corrected chi connectivity index (χ0v) is 18.5. The summed E-state index contributed by atoms with van der Waals surface area (Å²) in [5.41, 5.74) is 5.69. The molecule has 156 valence electrons. The molecule has 0 aliphatic carbocycles. The van der Waals surface area contributed by atoms with Gasteiger partial charge in [0.05, 0.1) is 0 Å². The summed E-state index contributed by atoms with van der Waals surface area (Å²) in [5.74, 6) is 12.4. The summed E-state index contributed by atoms with van der Waals surface area (Å²) < 4.78 is 14.0. The molecule has 3 rings (SSSR count). The highest BCUT2D eigenvalue weighted by atomic mass is 19.1. The lowest BCUT2D eigenvalue weighted by molar-refractivity contribution is 0.607. The Bertz CT molecular complexity index is 1100. The monoisotopic (exact) mass is 408 g/mol. The predicted molar refractivity (Wildman–Crippen MR) is 128 cm³/mol. The van der Waals surface area contributed by atoms with Gasteiger partial charge in [0.1, 0.15) is 5.82 Å². The second-order valence-corrected chi connectivity index (χ2v) is 7.79. The molecule has 0 N–H and O–H groups in total. The fourth-order valence-corrected chi connectivity index (χ4v) is 3.36.